The molecule has 0 N–H and O–H groups in total. The van der Waals surface area contributed by atoms with Crippen molar-refractivity contribution in [2.75, 3.05) is 7.11 Å². The molecule has 2 atom stereocenters. The minimum absolute atomic E-state index is 0.0615. The first-order valence-corrected chi connectivity index (χ1v) is 11.3. The number of ether oxygens (including phenoxy) is 2. The van der Waals surface area contributed by atoms with Gasteiger partial charge in [0.25, 0.3) is 0 Å². The summed E-state index contributed by atoms with van der Waals surface area (Å²) in [6.45, 7) is 5.94. The average molecular weight is 443 g/mol. The first-order chi connectivity index (χ1) is 15.8. The van der Waals surface area contributed by atoms with Gasteiger partial charge in [-0.2, -0.15) is 0 Å². The highest BCUT2D eigenvalue weighted by Crippen LogP contribution is 2.57. The van der Waals surface area contributed by atoms with E-state index in [1.807, 2.05) is 75.4 Å². The molecule has 0 aromatic heterocycles. The molecule has 0 aliphatic heterocycles. The minimum atomic E-state index is -0.766. The van der Waals surface area contributed by atoms with Crippen molar-refractivity contribution in [1.82, 2.24) is 0 Å². The number of hydrogen-bond acceptors (Lipinski definition) is 4. The molecule has 1 aliphatic rings. The SMILES string of the molecule is COc1ccc(C(=O)[C@H]2CC[C@](C)(C(=O)Oc3ccc(-c4ccccc4)cc3)C2(C)C)cc1. The highest BCUT2D eigenvalue weighted by atomic mass is 16.5. The standard InChI is InChI=1S/C29H30O4/c1-28(2)25(26(30)22-12-14-23(32-4)15-13-22)18-19-29(28,3)27(31)33-24-16-10-21(11-17-24)20-8-6-5-7-9-20/h5-17,25H,18-19H2,1-4H3/t25-,29-/m1/s1. The van der Waals surface area contributed by atoms with Gasteiger partial charge < -0.3 is 9.47 Å². The van der Waals surface area contributed by atoms with E-state index in [2.05, 4.69) is 0 Å². The maximum atomic E-state index is 13.3. The van der Waals surface area contributed by atoms with E-state index in [0.29, 0.717) is 29.9 Å². The Hall–Kier alpha value is -3.40. The highest BCUT2D eigenvalue weighted by Gasteiger charge is 2.59. The summed E-state index contributed by atoms with van der Waals surface area (Å²) < 4.78 is 11.0. The third-order valence-corrected chi connectivity index (χ3v) is 7.54. The summed E-state index contributed by atoms with van der Waals surface area (Å²) in [5.74, 6) is 0.742. The summed E-state index contributed by atoms with van der Waals surface area (Å²) in [7, 11) is 1.60. The van der Waals surface area contributed by atoms with Crippen LogP contribution in [0.4, 0.5) is 0 Å². The normalized spacial score (nSPS) is 21.4. The molecular weight excluding hydrogens is 412 g/mol. The van der Waals surface area contributed by atoms with Gasteiger partial charge in [-0.05, 0) is 72.7 Å². The van der Waals surface area contributed by atoms with E-state index in [4.69, 9.17) is 9.47 Å². The average Bonchev–Trinajstić information content (AvgIpc) is 3.09. The topological polar surface area (TPSA) is 52.6 Å². The summed E-state index contributed by atoms with van der Waals surface area (Å²) in [5, 5.41) is 0. The molecule has 1 saturated carbocycles. The molecule has 0 heterocycles. The van der Waals surface area contributed by atoms with Crippen LogP contribution in [-0.4, -0.2) is 18.9 Å². The zero-order valence-electron chi connectivity index (χ0n) is 19.6. The van der Waals surface area contributed by atoms with Crippen LogP contribution in [0.2, 0.25) is 0 Å². The Balaban J connectivity index is 1.49. The summed E-state index contributed by atoms with van der Waals surface area (Å²) in [6, 6.07) is 24.8. The second kappa shape index (κ2) is 8.86. The smallest absolute Gasteiger partial charge is 0.317 e. The van der Waals surface area contributed by atoms with Gasteiger partial charge in [-0.15, -0.1) is 0 Å². The largest absolute Gasteiger partial charge is 0.497 e. The third-order valence-electron chi connectivity index (χ3n) is 7.54. The molecule has 0 radical (unpaired) electrons. The number of Topliss-reactive ketones (excluding diaryl/α,β-unsaturated/α-hetero) is 1. The molecule has 33 heavy (non-hydrogen) atoms. The van der Waals surface area contributed by atoms with Crippen LogP contribution in [0.5, 0.6) is 11.5 Å². The fourth-order valence-corrected chi connectivity index (χ4v) is 4.85. The number of carbonyl (C=O) groups is 2. The Kier molecular flexibility index (Phi) is 6.11. The monoisotopic (exact) mass is 442 g/mol. The fraction of sp³-hybridized carbons (Fsp3) is 0.310. The summed E-state index contributed by atoms with van der Waals surface area (Å²) in [6.07, 6.45) is 1.25. The van der Waals surface area contributed by atoms with Crippen molar-refractivity contribution in [3.63, 3.8) is 0 Å². The van der Waals surface area contributed by atoms with Gasteiger partial charge in [-0.25, -0.2) is 0 Å². The molecule has 170 valence electrons. The maximum absolute atomic E-state index is 13.3. The minimum Gasteiger partial charge on any atom is -0.497 e. The van der Waals surface area contributed by atoms with Gasteiger partial charge in [0.1, 0.15) is 11.5 Å². The Bertz CT molecular complexity index is 1130. The number of esters is 1. The summed E-state index contributed by atoms with van der Waals surface area (Å²) >= 11 is 0. The number of ketones is 1. The van der Waals surface area contributed by atoms with Crippen LogP contribution >= 0.6 is 0 Å². The Morgan fingerprint density at radius 1 is 0.788 bits per heavy atom. The molecule has 0 amide bonds. The molecule has 3 aromatic rings. The molecule has 4 rings (SSSR count). The van der Waals surface area contributed by atoms with Crippen LogP contribution in [0.25, 0.3) is 11.1 Å². The lowest BCUT2D eigenvalue weighted by Crippen LogP contribution is -2.44. The Morgan fingerprint density at radius 2 is 1.36 bits per heavy atom. The van der Waals surface area contributed by atoms with E-state index in [1.54, 1.807) is 31.4 Å². The summed E-state index contributed by atoms with van der Waals surface area (Å²) in [4.78, 5) is 26.7. The molecule has 4 nitrogen and oxygen atoms in total. The molecular formula is C29H30O4. The molecule has 0 saturated heterocycles. The molecule has 0 bridgehead atoms. The number of carbonyl (C=O) groups excluding carboxylic acids is 2. The van der Waals surface area contributed by atoms with Crippen LogP contribution in [0, 0.1) is 16.7 Å². The summed E-state index contributed by atoms with van der Waals surface area (Å²) in [5.41, 5.74) is 1.50. The lowest BCUT2D eigenvalue weighted by molar-refractivity contribution is -0.150. The molecule has 4 heteroatoms. The highest BCUT2D eigenvalue weighted by molar-refractivity contribution is 5.99. The zero-order valence-corrected chi connectivity index (χ0v) is 19.6. The van der Waals surface area contributed by atoms with E-state index in [1.165, 1.54) is 0 Å². The third kappa shape index (κ3) is 4.18. The van der Waals surface area contributed by atoms with E-state index in [9.17, 15) is 9.59 Å². The van der Waals surface area contributed by atoms with Gasteiger partial charge in [0.05, 0.1) is 12.5 Å². The van der Waals surface area contributed by atoms with Gasteiger partial charge in [-0.3, -0.25) is 9.59 Å². The predicted molar refractivity (Wildman–Crippen MR) is 129 cm³/mol. The van der Waals surface area contributed by atoms with E-state index >= 15 is 0 Å². The quantitative estimate of drug-likeness (QED) is 0.245. The number of rotatable bonds is 6. The van der Waals surface area contributed by atoms with E-state index < -0.39 is 10.8 Å². The first-order valence-electron chi connectivity index (χ1n) is 11.3. The van der Waals surface area contributed by atoms with Crippen LogP contribution in [0.1, 0.15) is 44.0 Å². The van der Waals surface area contributed by atoms with Crippen molar-refractivity contribution in [3.8, 4) is 22.6 Å². The lowest BCUT2D eigenvalue weighted by atomic mass is 9.64. The predicted octanol–water partition coefficient (Wildman–Crippen LogP) is 6.59. The van der Waals surface area contributed by atoms with Crippen LogP contribution in [0.3, 0.4) is 0 Å². The number of hydrogen-bond donors (Lipinski definition) is 0. The van der Waals surface area contributed by atoms with Crippen molar-refractivity contribution in [1.29, 1.82) is 0 Å². The molecule has 0 unspecified atom stereocenters. The second-order valence-corrected chi connectivity index (χ2v) is 9.52. The molecule has 1 fully saturated rings. The first kappa shape index (κ1) is 22.8. The number of methoxy groups -OCH3 is 1. The zero-order chi connectivity index (χ0) is 23.6. The van der Waals surface area contributed by atoms with Gasteiger partial charge in [0, 0.05) is 11.5 Å². The number of benzene rings is 3. The second-order valence-electron chi connectivity index (χ2n) is 9.52. The van der Waals surface area contributed by atoms with Crippen molar-refractivity contribution < 1.29 is 19.1 Å². The molecule has 3 aromatic carbocycles. The van der Waals surface area contributed by atoms with Crippen molar-refractivity contribution >= 4 is 11.8 Å². The van der Waals surface area contributed by atoms with Crippen LogP contribution < -0.4 is 9.47 Å². The van der Waals surface area contributed by atoms with Gasteiger partial charge in [-0.1, -0.05) is 56.3 Å². The van der Waals surface area contributed by atoms with Crippen molar-refractivity contribution in [2.24, 2.45) is 16.7 Å². The van der Waals surface area contributed by atoms with Gasteiger partial charge in [0.2, 0.25) is 0 Å². The Labute approximate surface area is 195 Å². The molecule has 1 aliphatic carbocycles. The van der Waals surface area contributed by atoms with Gasteiger partial charge >= 0.3 is 5.97 Å². The fourth-order valence-electron chi connectivity index (χ4n) is 4.85. The Morgan fingerprint density at radius 3 is 1.97 bits per heavy atom. The van der Waals surface area contributed by atoms with Crippen LogP contribution in [-0.2, 0) is 4.79 Å². The van der Waals surface area contributed by atoms with Crippen LogP contribution in [0.15, 0.2) is 78.9 Å². The lowest BCUT2D eigenvalue weighted by Gasteiger charge is -2.39. The van der Waals surface area contributed by atoms with E-state index in [-0.39, 0.29) is 17.7 Å². The molecule has 0 spiro atoms. The van der Waals surface area contributed by atoms with Gasteiger partial charge in [0.15, 0.2) is 5.78 Å². The maximum Gasteiger partial charge on any atom is 0.317 e. The van der Waals surface area contributed by atoms with Crippen molar-refractivity contribution in [3.05, 3.63) is 84.4 Å². The van der Waals surface area contributed by atoms with Crippen molar-refractivity contribution in [2.45, 2.75) is 33.6 Å². The van der Waals surface area contributed by atoms with E-state index in [0.717, 1.165) is 11.1 Å².